The van der Waals surface area contributed by atoms with Gasteiger partial charge in [0.2, 0.25) is 0 Å². The van der Waals surface area contributed by atoms with Crippen molar-refractivity contribution >= 4 is 23.1 Å². The van der Waals surface area contributed by atoms with E-state index in [0.717, 1.165) is 6.16 Å². The number of hydrogen-bond donors (Lipinski definition) is 1. The van der Waals surface area contributed by atoms with E-state index in [2.05, 4.69) is 25.0 Å². The summed E-state index contributed by atoms with van der Waals surface area (Å²) in [5.41, 5.74) is -0.677. The molecule has 3 heteroatoms. The Morgan fingerprint density at radius 3 is 2.56 bits per heavy atom. The molecule has 1 saturated heterocycles. The normalized spacial score (nSPS) is 40.1. The molecule has 0 spiro atoms. The second-order valence-electron chi connectivity index (χ2n) is 5.34. The number of rotatable bonds is 1. The van der Waals surface area contributed by atoms with Crippen LogP contribution in [0.2, 0.25) is 0 Å². The topological polar surface area (TPSA) is 20.2 Å². The molecule has 18 heavy (non-hydrogen) atoms. The summed E-state index contributed by atoms with van der Waals surface area (Å²) in [5, 5.41) is 11.7. The van der Waals surface area contributed by atoms with Crippen LogP contribution in [-0.2, 0) is 11.8 Å². The fourth-order valence-electron chi connectivity index (χ4n) is 2.78. The average molecular weight is 278 g/mol. The molecule has 0 unspecified atom stereocenters. The Labute approximate surface area is 115 Å². The SMILES string of the molecule is C#C[C@@]1(O)C[C@@H](C)[P@@](=S)(c2ccccc2)C[C@@H]1C. The monoisotopic (exact) mass is 278 g/mol. The number of terminal acetylenes is 1. The first-order chi connectivity index (χ1) is 8.42. The summed E-state index contributed by atoms with van der Waals surface area (Å²) in [6.45, 7) is 4.16. The number of benzene rings is 1. The van der Waals surface area contributed by atoms with Gasteiger partial charge in [-0.25, -0.2) is 0 Å². The first-order valence-electron chi connectivity index (χ1n) is 6.27. The molecule has 1 aliphatic heterocycles. The van der Waals surface area contributed by atoms with Crippen molar-refractivity contribution < 1.29 is 5.11 Å². The van der Waals surface area contributed by atoms with Gasteiger partial charge < -0.3 is 5.11 Å². The van der Waals surface area contributed by atoms with Crippen molar-refractivity contribution in [2.24, 2.45) is 5.92 Å². The standard InChI is InChI=1S/C15H19OPS/c1-4-15(16)10-13(3)17(18,11-12(15)2)14-8-6-5-7-9-14/h1,5-9,12-13,16H,10-11H2,2-3H3/t12-,13+,15+,17+/m0/s1. The van der Waals surface area contributed by atoms with Crippen molar-refractivity contribution in [3.63, 3.8) is 0 Å². The molecule has 1 N–H and O–H groups in total. The van der Waals surface area contributed by atoms with Crippen molar-refractivity contribution in [1.29, 1.82) is 0 Å². The van der Waals surface area contributed by atoms with Crippen molar-refractivity contribution in [2.75, 3.05) is 6.16 Å². The summed E-state index contributed by atoms with van der Waals surface area (Å²) in [7, 11) is 0. The molecule has 1 heterocycles. The quantitative estimate of drug-likeness (QED) is 0.629. The van der Waals surface area contributed by atoms with Crippen LogP contribution in [0.15, 0.2) is 30.3 Å². The highest BCUT2D eigenvalue weighted by molar-refractivity contribution is 8.18. The molecule has 1 aromatic rings. The van der Waals surface area contributed by atoms with Gasteiger partial charge in [-0.2, -0.15) is 0 Å². The van der Waals surface area contributed by atoms with E-state index in [0.29, 0.717) is 12.1 Å². The van der Waals surface area contributed by atoms with Crippen LogP contribution in [0.1, 0.15) is 20.3 Å². The van der Waals surface area contributed by atoms with E-state index in [1.165, 1.54) is 5.30 Å². The highest BCUT2D eigenvalue weighted by atomic mass is 32.4. The fourth-order valence-corrected chi connectivity index (χ4v) is 7.48. The van der Waals surface area contributed by atoms with Crippen molar-refractivity contribution in [3.8, 4) is 12.3 Å². The molecule has 2 rings (SSSR count). The van der Waals surface area contributed by atoms with Gasteiger partial charge in [0.05, 0.1) is 0 Å². The lowest BCUT2D eigenvalue weighted by Gasteiger charge is -2.44. The predicted molar refractivity (Wildman–Crippen MR) is 82.3 cm³/mol. The molecule has 0 amide bonds. The molecule has 1 aromatic carbocycles. The third-order valence-electron chi connectivity index (χ3n) is 4.12. The zero-order valence-electron chi connectivity index (χ0n) is 10.8. The van der Waals surface area contributed by atoms with Crippen LogP contribution in [0.25, 0.3) is 0 Å². The minimum atomic E-state index is -1.63. The zero-order valence-corrected chi connectivity index (χ0v) is 12.5. The average Bonchev–Trinajstić information content (AvgIpc) is 2.37. The molecular weight excluding hydrogens is 259 g/mol. The smallest absolute Gasteiger partial charge is 0.128 e. The van der Waals surface area contributed by atoms with Crippen molar-refractivity contribution in [1.82, 2.24) is 0 Å². The van der Waals surface area contributed by atoms with Gasteiger partial charge in [-0.15, -0.1) is 6.42 Å². The Morgan fingerprint density at radius 2 is 2.00 bits per heavy atom. The third kappa shape index (κ3) is 2.16. The van der Waals surface area contributed by atoms with Gasteiger partial charge in [0.15, 0.2) is 0 Å². The zero-order chi connectivity index (χ0) is 13.4. The second kappa shape index (κ2) is 4.82. The van der Waals surface area contributed by atoms with E-state index < -0.39 is 11.6 Å². The van der Waals surface area contributed by atoms with Crippen LogP contribution >= 0.6 is 6.04 Å². The van der Waals surface area contributed by atoms with Crippen molar-refractivity contribution in [2.45, 2.75) is 31.5 Å². The van der Waals surface area contributed by atoms with Gasteiger partial charge in [0.1, 0.15) is 5.60 Å². The van der Waals surface area contributed by atoms with Crippen LogP contribution in [0.5, 0.6) is 0 Å². The lowest BCUT2D eigenvalue weighted by atomic mass is 9.86. The Balaban J connectivity index is 2.39. The molecule has 1 nitrogen and oxygen atoms in total. The molecule has 0 radical (unpaired) electrons. The predicted octanol–water partition coefficient (Wildman–Crippen LogP) is 2.58. The summed E-state index contributed by atoms with van der Waals surface area (Å²) in [6, 6.07) is 8.73. The second-order valence-corrected chi connectivity index (χ2v) is 10.6. The lowest BCUT2D eigenvalue weighted by molar-refractivity contribution is 0.0417. The molecule has 0 aliphatic carbocycles. The minimum absolute atomic E-state index is 0.0738. The van der Waals surface area contributed by atoms with Crippen LogP contribution in [0.3, 0.4) is 0 Å². The van der Waals surface area contributed by atoms with Gasteiger partial charge in [-0.05, 0) is 29.6 Å². The number of hydrogen-bond acceptors (Lipinski definition) is 2. The van der Waals surface area contributed by atoms with E-state index in [1.54, 1.807) is 0 Å². The van der Waals surface area contributed by atoms with E-state index in [9.17, 15) is 5.11 Å². The van der Waals surface area contributed by atoms with Crippen LogP contribution in [-0.4, -0.2) is 22.5 Å². The third-order valence-corrected chi connectivity index (χ3v) is 10.2. The van der Waals surface area contributed by atoms with E-state index >= 15 is 0 Å². The highest BCUT2D eigenvalue weighted by Crippen LogP contribution is 2.58. The van der Waals surface area contributed by atoms with Gasteiger partial charge >= 0.3 is 0 Å². The lowest BCUT2D eigenvalue weighted by Crippen LogP contribution is -2.45. The Kier molecular flexibility index (Phi) is 3.70. The first kappa shape index (κ1) is 13.8. The van der Waals surface area contributed by atoms with Gasteiger partial charge in [-0.3, -0.25) is 0 Å². The summed E-state index contributed by atoms with van der Waals surface area (Å²) in [5.74, 6) is 2.65. The fraction of sp³-hybridized carbons (Fsp3) is 0.467. The number of aliphatic hydroxyl groups is 1. The largest absolute Gasteiger partial charge is 0.377 e. The molecule has 1 fully saturated rings. The summed E-state index contributed by atoms with van der Waals surface area (Å²) >= 11 is 6.00. The van der Waals surface area contributed by atoms with Gasteiger partial charge in [0, 0.05) is 5.92 Å². The molecule has 0 saturated carbocycles. The van der Waals surface area contributed by atoms with Crippen LogP contribution in [0, 0.1) is 18.3 Å². The minimum Gasteiger partial charge on any atom is -0.377 e. The van der Waals surface area contributed by atoms with Crippen molar-refractivity contribution in [3.05, 3.63) is 30.3 Å². The van der Waals surface area contributed by atoms with Crippen LogP contribution < -0.4 is 5.30 Å². The molecule has 0 aromatic heterocycles. The summed E-state index contributed by atoms with van der Waals surface area (Å²) in [4.78, 5) is 0. The maximum Gasteiger partial charge on any atom is 0.128 e. The van der Waals surface area contributed by atoms with Gasteiger partial charge in [0.25, 0.3) is 0 Å². The first-order valence-corrected chi connectivity index (χ1v) is 9.32. The molecule has 96 valence electrons. The summed E-state index contributed by atoms with van der Waals surface area (Å²) < 4.78 is 0. The summed E-state index contributed by atoms with van der Waals surface area (Å²) in [6.07, 6.45) is 6.97. The van der Waals surface area contributed by atoms with E-state index in [4.69, 9.17) is 18.2 Å². The van der Waals surface area contributed by atoms with Crippen LogP contribution in [0.4, 0.5) is 0 Å². The van der Waals surface area contributed by atoms with E-state index in [-0.39, 0.29) is 5.92 Å². The molecule has 1 aliphatic rings. The highest BCUT2D eigenvalue weighted by Gasteiger charge is 2.45. The van der Waals surface area contributed by atoms with Gasteiger partial charge in [-0.1, -0.05) is 61.9 Å². The Morgan fingerprint density at radius 1 is 1.39 bits per heavy atom. The molecule has 0 bridgehead atoms. The van der Waals surface area contributed by atoms with E-state index in [1.807, 2.05) is 25.1 Å². The maximum atomic E-state index is 10.4. The Bertz CT molecular complexity index is 519. The molecule has 4 atom stereocenters. The molecular formula is C15H19OPS. The Hall–Kier alpha value is -0.610. The maximum absolute atomic E-state index is 10.4.